The van der Waals surface area contributed by atoms with Gasteiger partial charge in [0.25, 0.3) is 0 Å². The van der Waals surface area contributed by atoms with E-state index in [1.54, 1.807) is 0 Å². The molecule has 15 heavy (non-hydrogen) atoms. The van der Waals surface area contributed by atoms with Gasteiger partial charge in [-0.2, -0.15) is 0 Å². The molecule has 0 atom stereocenters. The van der Waals surface area contributed by atoms with Gasteiger partial charge < -0.3 is 5.32 Å². The summed E-state index contributed by atoms with van der Waals surface area (Å²) >= 11 is 1.89. The zero-order chi connectivity index (χ0) is 10.3. The standard InChI is InChI=1S/C13H21NS/c1-2-4-7-12(8-5-3-1)14-11-13-9-6-10-15-13/h6,9-10,12,14H,1-5,7-8,11H2/p+1. The van der Waals surface area contributed by atoms with Gasteiger partial charge in [-0.1, -0.05) is 25.3 Å². The van der Waals surface area contributed by atoms with Crippen LogP contribution in [-0.2, 0) is 6.54 Å². The zero-order valence-electron chi connectivity index (χ0n) is 9.45. The number of nitrogens with two attached hydrogens (primary N) is 1. The van der Waals surface area contributed by atoms with Gasteiger partial charge in [0, 0.05) is 0 Å². The fraction of sp³-hybridized carbons (Fsp3) is 0.692. The van der Waals surface area contributed by atoms with E-state index in [0.29, 0.717) is 0 Å². The summed E-state index contributed by atoms with van der Waals surface area (Å²) in [6.45, 7) is 1.20. The Morgan fingerprint density at radius 3 is 2.53 bits per heavy atom. The molecule has 1 aromatic rings. The van der Waals surface area contributed by atoms with Gasteiger partial charge in [-0.3, -0.25) is 0 Å². The molecule has 1 aliphatic carbocycles. The summed E-state index contributed by atoms with van der Waals surface area (Å²) in [5.41, 5.74) is 0. The van der Waals surface area contributed by atoms with Crippen LogP contribution in [-0.4, -0.2) is 6.04 Å². The minimum Gasteiger partial charge on any atom is -0.339 e. The Morgan fingerprint density at radius 2 is 1.87 bits per heavy atom. The van der Waals surface area contributed by atoms with Crippen molar-refractivity contribution >= 4 is 11.3 Å². The van der Waals surface area contributed by atoms with Crippen LogP contribution in [0.4, 0.5) is 0 Å². The maximum absolute atomic E-state index is 2.57. The van der Waals surface area contributed by atoms with Gasteiger partial charge in [0.1, 0.15) is 6.54 Å². The van der Waals surface area contributed by atoms with Crippen LogP contribution in [0.3, 0.4) is 0 Å². The van der Waals surface area contributed by atoms with Gasteiger partial charge in [0.15, 0.2) is 0 Å². The van der Waals surface area contributed by atoms with E-state index in [0.717, 1.165) is 6.04 Å². The molecule has 0 unspecified atom stereocenters. The van der Waals surface area contributed by atoms with Crippen molar-refractivity contribution in [1.29, 1.82) is 0 Å². The minimum atomic E-state index is 0.896. The first-order valence-corrected chi connectivity index (χ1v) is 7.19. The number of quaternary nitrogens is 1. The van der Waals surface area contributed by atoms with Gasteiger partial charge in [-0.05, 0) is 37.1 Å². The fourth-order valence-corrected chi connectivity index (χ4v) is 3.12. The van der Waals surface area contributed by atoms with Crippen molar-refractivity contribution in [2.45, 2.75) is 57.5 Å². The topological polar surface area (TPSA) is 16.6 Å². The highest BCUT2D eigenvalue weighted by Gasteiger charge is 2.13. The molecule has 1 aliphatic rings. The number of thiophene rings is 1. The highest BCUT2D eigenvalue weighted by Crippen LogP contribution is 2.15. The van der Waals surface area contributed by atoms with E-state index in [9.17, 15) is 0 Å². The van der Waals surface area contributed by atoms with Crippen LogP contribution < -0.4 is 5.32 Å². The van der Waals surface area contributed by atoms with Crippen LogP contribution in [0.2, 0.25) is 0 Å². The molecule has 2 heteroatoms. The Morgan fingerprint density at radius 1 is 1.13 bits per heavy atom. The molecule has 2 N–H and O–H groups in total. The van der Waals surface area contributed by atoms with Gasteiger partial charge in [0.2, 0.25) is 0 Å². The van der Waals surface area contributed by atoms with Crippen molar-refractivity contribution in [1.82, 2.24) is 0 Å². The highest BCUT2D eigenvalue weighted by atomic mass is 32.1. The van der Waals surface area contributed by atoms with Gasteiger partial charge in [0.05, 0.1) is 10.9 Å². The second kappa shape index (κ2) is 6.29. The van der Waals surface area contributed by atoms with Crippen LogP contribution in [0.15, 0.2) is 17.5 Å². The molecule has 1 nitrogen and oxygen atoms in total. The molecule has 0 amide bonds. The Bertz CT molecular complexity index is 248. The predicted octanol–water partition coefficient (Wildman–Crippen LogP) is 2.92. The molecule has 1 aromatic heterocycles. The predicted molar refractivity (Wildman–Crippen MR) is 66.1 cm³/mol. The quantitative estimate of drug-likeness (QED) is 0.813. The zero-order valence-corrected chi connectivity index (χ0v) is 10.3. The Hall–Kier alpha value is -0.340. The number of rotatable bonds is 3. The van der Waals surface area contributed by atoms with Crippen molar-refractivity contribution in [2.24, 2.45) is 0 Å². The summed E-state index contributed by atoms with van der Waals surface area (Å²) < 4.78 is 0. The molecule has 1 saturated carbocycles. The average Bonchev–Trinajstić information content (AvgIpc) is 2.68. The van der Waals surface area contributed by atoms with Crippen LogP contribution in [0.5, 0.6) is 0 Å². The third-order valence-electron chi connectivity index (χ3n) is 3.38. The van der Waals surface area contributed by atoms with E-state index < -0.39 is 0 Å². The van der Waals surface area contributed by atoms with Gasteiger partial charge >= 0.3 is 0 Å². The summed E-state index contributed by atoms with van der Waals surface area (Å²) in [5, 5.41) is 4.75. The molecule has 0 saturated heterocycles. The lowest BCUT2D eigenvalue weighted by Crippen LogP contribution is -2.88. The molecule has 1 fully saturated rings. The molecule has 84 valence electrons. The summed E-state index contributed by atoms with van der Waals surface area (Å²) in [5.74, 6) is 0. The van der Waals surface area contributed by atoms with Crippen molar-refractivity contribution < 1.29 is 5.32 Å². The van der Waals surface area contributed by atoms with E-state index >= 15 is 0 Å². The minimum absolute atomic E-state index is 0.896. The van der Waals surface area contributed by atoms with Crippen molar-refractivity contribution in [3.8, 4) is 0 Å². The summed E-state index contributed by atoms with van der Waals surface area (Å²) in [4.78, 5) is 1.53. The van der Waals surface area contributed by atoms with Gasteiger partial charge in [-0.15, -0.1) is 11.3 Å². The van der Waals surface area contributed by atoms with Crippen LogP contribution in [0, 0.1) is 0 Å². The van der Waals surface area contributed by atoms with Crippen molar-refractivity contribution in [3.63, 3.8) is 0 Å². The Kier molecular flexibility index (Phi) is 4.68. The third-order valence-corrected chi connectivity index (χ3v) is 4.28. The van der Waals surface area contributed by atoms with Crippen molar-refractivity contribution in [3.05, 3.63) is 22.4 Å². The number of hydrogen-bond acceptors (Lipinski definition) is 1. The fourth-order valence-electron chi connectivity index (χ4n) is 2.43. The van der Waals surface area contributed by atoms with E-state index in [2.05, 4.69) is 22.8 Å². The molecule has 1 heterocycles. The van der Waals surface area contributed by atoms with Crippen LogP contribution in [0.25, 0.3) is 0 Å². The van der Waals surface area contributed by atoms with E-state index in [1.807, 2.05) is 11.3 Å². The average molecular weight is 224 g/mol. The maximum Gasteiger partial charge on any atom is 0.111 e. The normalized spacial score (nSPS) is 19.7. The second-order valence-corrected chi connectivity index (χ2v) is 5.66. The largest absolute Gasteiger partial charge is 0.339 e. The lowest BCUT2D eigenvalue weighted by molar-refractivity contribution is -0.705. The number of hydrogen-bond donors (Lipinski definition) is 1. The molecule has 0 spiro atoms. The van der Waals surface area contributed by atoms with Crippen molar-refractivity contribution in [2.75, 3.05) is 0 Å². The molecule has 0 bridgehead atoms. The molecular weight excluding hydrogens is 202 g/mol. The Labute approximate surface area is 96.9 Å². The van der Waals surface area contributed by atoms with Crippen LogP contribution in [0.1, 0.15) is 49.8 Å². The molecular formula is C13H22NS+. The smallest absolute Gasteiger partial charge is 0.111 e. The molecule has 2 rings (SSSR count). The summed E-state index contributed by atoms with van der Waals surface area (Å²) in [6.07, 6.45) is 10.2. The first-order chi connectivity index (χ1) is 7.45. The van der Waals surface area contributed by atoms with Gasteiger partial charge in [-0.25, -0.2) is 0 Å². The maximum atomic E-state index is 2.57. The first-order valence-electron chi connectivity index (χ1n) is 6.31. The SMILES string of the molecule is c1csc(C[NH2+]C2CCCCCCC2)c1. The van der Waals surface area contributed by atoms with Crippen LogP contribution >= 0.6 is 11.3 Å². The van der Waals surface area contributed by atoms with E-state index in [1.165, 1.54) is 56.4 Å². The third kappa shape index (κ3) is 3.96. The first kappa shape index (κ1) is 11.2. The lowest BCUT2D eigenvalue weighted by atomic mass is 9.97. The monoisotopic (exact) mass is 224 g/mol. The van der Waals surface area contributed by atoms with E-state index in [-0.39, 0.29) is 0 Å². The molecule has 0 aromatic carbocycles. The highest BCUT2D eigenvalue weighted by molar-refractivity contribution is 7.09. The summed E-state index contributed by atoms with van der Waals surface area (Å²) in [7, 11) is 0. The Balaban J connectivity index is 1.72. The summed E-state index contributed by atoms with van der Waals surface area (Å²) in [6, 6.07) is 5.31. The molecule has 0 aliphatic heterocycles. The lowest BCUT2D eigenvalue weighted by Gasteiger charge is -2.17. The second-order valence-electron chi connectivity index (χ2n) is 4.62. The molecule has 0 radical (unpaired) electrons. The van der Waals surface area contributed by atoms with E-state index in [4.69, 9.17) is 0 Å².